The van der Waals surface area contributed by atoms with Gasteiger partial charge in [0.25, 0.3) is 11.8 Å². The van der Waals surface area contributed by atoms with Crippen molar-refractivity contribution in [3.8, 4) is 0 Å². The summed E-state index contributed by atoms with van der Waals surface area (Å²) in [4.78, 5) is 39.0. The van der Waals surface area contributed by atoms with Crippen molar-refractivity contribution in [2.24, 2.45) is 0 Å². The summed E-state index contributed by atoms with van der Waals surface area (Å²) in [6.07, 6.45) is 1.51. The summed E-state index contributed by atoms with van der Waals surface area (Å²) in [5.41, 5.74) is 1.86. The second-order valence-corrected chi connectivity index (χ2v) is 10.2. The SMILES string of the molecule is O=C(CSc1ccc(NC(=O)/C(=C/c2ccccc2Cl)NC(=O)c2ccccc2)cc1)Nc1ccc(F)c(Cl)c1. The maximum absolute atomic E-state index is 13.3. The third-order valence-electron chi connectivity index (χ3n) is 5.42. The predicted molar refractivity (Wildman–Crippen MR) is 159 cm³/mol. The van der Waals surface area contributed by atoms with E-state index in [1.54, 1.807) is 78.9 Å². The Labute approximate surface area is 244 Å². The van der Waals surface area contributed by atoms with Crippen molar-refractivity contribution in [2.45, 2.75) is 4.90 Å². The molecular weight excluding hydrogens is 572 g/mol. The minimum atomic E-state index is -0.564. The van der Waals surface area contributed by atoms with Crippen LogP contribution in [0.15, 0.2) is 108 Å². The Kier molecular flexibility index (Phi) is 9.96. The largest absolute Gasteiger partial charge is 0.325 e. The van der Waals surface area contributed by atoms with E-state index in [0.717, 1.165) is 4.90 Å². The molecule has 0 aromatic heterocycles. The van der Waals surface area contributed by atoms with Crippen molar-refractivity contribution in [1.82, 2.24) is 5.32 Å². The van der Waals surface area contributed by atoms with E-state index in [4.69, 9.17) is 23.2 Å². The summed E-state index contributed by atoms with van der Waals surface area (Å²) in [6, 6.07) is 26.3. The van der Waals surface area contributed by atoms with Crippen LogP contribution in [0.1, 0.15) is 15.9 Å². The molecule has 40 heavy (non-hydrogen) atoms. The quantitative estimate of drug-likeness (QED) is 0.141. The van der Waals surface area contributed by atoms with Gasteiger partial charge in [0.05, 0.1) is 10.8 Å². The van der Waals surface area contributed by atoms with Gasteiger partial charge in [-0.15, -0.1) is 11.8 Å². The fraction of sp³-hybridized carbons (Fsp3) is 0.0333. The van der Waals surface area contributed by atoms with E-state index in [2.05, 4.69) is 16.0 Å². The molecule has 0 fully saturated rings. The lowest BCUT2D eigenvalue weighted by Gasteiger charge is -2.12. The zero-order valence-corrected chi connectivity index (χ0v) is 23.1. The highest BCUT2D eigenvalue weighted by Crippen LogP contribution is 2.23. The van der Waals surface area contributed by atoms with E-state index in [-0.39, 0.29) is 22.4 Å². The van der Waals surface area contributed by atoms with Gasteiger partial charge in [0.15, 0.2) is 0 Å². The average Bonchev–Trinajstić information content (AvgIpc) is 2.96. The summed E-state index contributed by atoms with van der Waals surface area (Å²) in [6.45, 7) is 0. The number of thioether (sulfide) groups is 1. The Morgan fingerprint density at radius 1 is 0.775 bits per heavy atom. The zero-order valence-electron chi connectivity index (χ0n) is 20.8. The molecule has 0 aliphatic carbocycles. The number of hydrogen-bond donors (Lipinski definition) is 3. The second-order valence-electron chi connectivity index (χ2n) is 8.34. The van der Waals surface area contributed by atoms with E-state index >= 15 is 0 Å². The second kappa shape index (κ2) is 13.8. The Morgan fingerprint density at radius 3 is 2.15 bits per heavy atom. The summed E-state index contributed by atoms with van der Waals surface area (Å²) in [5, 5.41) is 8.46. The van der Waals surface area contributed by atoms with Gasteiger partial charge in [-0.1, -0.05) is 59.6 Å². The minimum absolute atomic E-state index is 0.0120. The molecule has 0 aliphatic rings. The first-order chi connectivity index (χ1) is 19.3. The number of benzene rings is 4. The standard InChI is InChI=1S/C30H22Cl2FN3O3S/c31-24-9-5-4-8-20(24)16-27(36-29(38)19-6-2-1-3-7-19)30(39)35-21-10-13-23(14-11-21)40-18-28(37)34-22-12-15-26(33)25(32)17-22/h1-17H,18H2,(H,34,37)(H,35,39)(H,36,38)/b27-16-. The molecule has 6 nitrogen and oxygen atoms in total. The summed E-state index contributed by atoms with van der Waals surface area (Å²) in [7, 11) is 0. The van der Waals surface area contributed by atoms with Gasteiger partial charge in [0.1, 0.15) is 11.5 Å². The Hall–Kier alpha value is -4.11. The van der Waals surface area contributed by atoms with Crippen LogP contribution < -0.4 is 16.0 Å². The molecule has 0 saturated heterocycles. The van der Waals surface area contributed by atoms with Crippen molar-refractivity contribution < 1.29 is 18.8 Å². The van der Waals surface area contributed by atoms with Gasteiger partial charge in [0.2, 0.25) is 5.91 Å². The first kappa shape index (κ1) is 28.9. The molecule has 0 aliphatic heterocycles. The lowest BCUT2D eigenvalue weighted by molar-refractivity contribution is -0.114. The normalized spacial score (nSPS) is 11.0. The number of amides is 3. The monoisotopic (exact) mass is 593 g/mol. The molecule has 0 atom stereocenters. The predicted octanol–water partition coefficient (Wildman–Crippen LogP) is 7.27. The molecule has 0 bridgehead atoms. The lowest BCUT2D eigenvalue weighted by Crippen LogP contribution is -2.30. The Balaban J connectivity index is 1.40. The molecule has 0 heterocycles. The molecule has 0 saturated carbocycles. The number of carbonyl (C=O) groups excluding carboxylic acids is 3. The van der Waals surface area contributed by atoms with Gasteiger partial charge >= 0.3 is 0 Å². The van der Waals surface area contributed by atoms with Gasteiger partial charge in [-0.05, 0) is 72.3 Å². The first-order valence-electron chi connectivity index (χ1n) is 11.9. The maximum atomic E-state index is 13.3. The average molecular weight is 594 g/mol. The topological polar surface area (TPSA) is 87.3 Å². The molecular formula is C30H22Cl2FN3O3S. The highest BCUT2D eigenvalue weighted by Gasteiger charge is 2.16. The van der Waals surface area contributed by atoms with Crippen LogP contribution in [0.5, 0.6) is 0 Å². The van der Waals surface area contributed by atoms with Crippen LogP contribution in [-0.4, -0.2) is 23.5 Å². The van der Waals surface area contributed by atoms with E-state index in [1.807, 2.05) is 0 Å². The number of rotatable bonds is 9. The van der Waals surface area contributed by atoms with E-state index in [9.17, 15) is 18.8 Å². The Bertz CT molecular complexity index is 1560. The van der Waals surface area contributed by atoms with Crippen molar-refractivity contribution >= 4 is 70.1 Å². The van der Waals surface area contributed by atoms with E-state index in [0.29, 0.717) is 27.5 Å². The number of hydrogen-bond acceptors (Lipinski definition) is 4. The van der Waals surface area contributed by atoms with Gasteiger partial charge in [-0.2, -0.15) is 0 Å². The van der Waals surface area contributed by atoms with Crippen molar-refractivity contribution in [1.29, 1.82) is 0 Å². The third kappa shape index (κ3) is 8.19. The number of carbonyl (C=O) groups is 3. The Morgan fingerprint density at radius 2 is 1.45 bits per heavy atom. The molecule has 3 amide bonds. The van der Waals surface area contributed by atoms with E-state index in [1.165, 1.54) is 36.0 Å². The summed E-state index contributed by atoms with van der Waals surface area (Å²) < 4.78 is 13.3. The van der Waals surface area contributed by atoms with Crippen LogP contribution in [-0.2, 0) is 9.59 Å². The summed E-state index contributed by atoms with van der Waals surface area (Å²) >= 11 is 13.3. The fourth-order valence-electron chi connectivity index (χ4n) is 3.44. The van der Waals surface area contributed by atoms with Crippen molar-refractivity contribution in [3.63, 3.8) is 0 Å². The number of halogens is 3. The lowest BCUT2D eigenvalue weighted by atomic mass is 10.1. The summed E-state index contributed by atoms with van der Waals surface area (Å²) in [5.74, 6) is -1.72. The first-order valence-corrected chi connectivity index (χ1v) is 13.6. The van der Waals surface area contributed by atoms with Gasteiger partial charge in [0, 0.05) is 26.9 Å². The van der Waals surface area contributed by atoms with Crippen LogP contribution in [0.2, 0.25) is 10.0 Å². The van der Waals surface area contributed by atoms with Crippen molar-refractivity contribution in [2.75, 3.05) is 16.4 Å². The molecule has 3 N–H and O–H groups in total. The smallest absolute Gasteiger partial charge is 0.272 e. The van der Waals surface area contributed by atoms with Crippen LogP contribution in [0, 0.1) is 5.82 Å². The van der Waals surface area contributed by atoms with Crippen LogP contribution in [0.4, 0.5) is 15.8 Å². The maximum Gasteiger partial charge on any atom is 0.272 e. The highest BCUT2D eigenvalue weighted by molar-refractivity contribution is 8.00. The molecule has 0 radical (unpaired) electrons. The van der Waals surface area contributed by atoms with Crippen LogP contribution in [0.25, 0.3) is 6.08 Å². The van der Waals surface area contributed by atoms with E-state index < -0.39 is 17.6 Å². The van der Waals surface area contributed by atoms with Gasteiger partial charge < -0.3 is 16.0 Å². The molecule has 4 aromatic rings. The van der Waals surface area contributed by atoms with Gasteiger partial charge in [-0.3, -0.25) is 14.4 Å². The number of anilines is 2. The minimum Gasteiger partial charge on any atom is -0.325 e. The van der Waals surface area contributed by atoms with Crippen LogP contribution >= 0.6 is 35.0 Å². The fourth-order valence-corrected chi connectivity index (χ4v) is 4.51. The molecule has 4 rings (SSSR count). The van der Waals surface area contributed by atoms with Crippen LogP contribution in [0.3, 0.4) is 0 Å². The molecule has 202 valence electrons. The molecule has 0 unspecified atom stereocenters. The number of nitrogens with one attached hydrogen (secondary N) is 3. The molecule has 10 heteroatoms. The molecule has 4 aromatic carbocycles. The highest BCUT2D eigenvalue weighted by atomic mass is 35.5. The third-order valence-corrected chi connectivity index (χ3v) is 7.07. The molecule has 0 spiro atoms. The van der Waals surface area contributed by atoms with Crippen molar-refractivity contribution in [3.05, 3.63) is 130 Å². The van der Waals surface area contributed by atoms with Gasteiger partial charge in [-0.25, -0.2) is 4.39 Å². The zero-order chi connectivity index (χ0) is 28.5.